The van der Waals surface area contributed by atoms with Crippen LogP contribution in [0.15, 0.2) is 18.2 Å². The minimum atomic E-state index is 0.649. The van der Waals surface area contributed by atoms with Crippen LogP contribution < -0.4 is 10.6 Å². The quantitative estimate of drug-likeness (QED) is 0.830. The van der Waals surface area contributed by atoms with Crippen LogP contribution in [0.4, 0.5) is 5.69 Å². The van der Waals surface area contributed by atoms with Crippen molar-refractivity contribution in [3.63, 3.8) is 0 Å². The number of rotatable bonds is 5. The fraction of sp³-hybridized carbons (Fsp3) is 0.625. The first-order valence-electron chi connectivity index (χ1n) is 7.38. The average Bonchev–Trinajstić information content (AvgIpc) is 3.19. The van der Waals surface area contributed by atoms with Crippen LogP contribution in [0.2, 0.25) is 0 Å². The molecule has 0 aromatic heterocycles. The van der Waals surface area contributed by atoms with Gasteiger partial charge in [-0.25, -0.2) is 0 Å². The molecule has 1 fully saturated rings. The molecule has 0 saturated heterocycles. The third-order valence-electron chi connectivity index (χ3n) is 4.64. The molecule has 2 heteroatoms. The van der Waals surface area contributed by atoms with Gasteiger partial charge in [0.05, 0.1) is 0 Å². The molecule has 0 radical (unpaired) electrons. The number of fused-ring (bicyclic) bond motifs is 1. The van der Waals surface area contributed by atoms with Gasteiger partial charge in [-0.2, -0.15) is 0 Å². The lowest BCUT2D eigenvalue weighted by atomic mass is 10.0. The number of anilines is 1. The summed E-state index contributed by atoms with van der Waals surface area (Å²) in [7, 11) is 0. The van der Waals surface area contributed by atoms with Gasteiger partial charge in [0.25, 0.3) is 0 Å². The molecule has 3 rings (SSSR count). The lowest BCUT2D eigenvalue weighted by Gasteiger charge is -2.19. The van der Waals surface area contributed by atoms with Gasteiger partial charge in [-0.1, -0.05) is 19.1 Å². The Hall–Kier alpha value is -1.02. The van der Waals surface area contributed by atoms with Crippen molar-refractivity contribution in [1.29, 1.82) is 0 Å². The van der Waals surface area contributed by atoms with E-state index < -0.39 is 0 Å². The van der Waals surface area contributed by atoms with Gasteiger partial charge in [-0.15, -0.1) is 0 Å². The molecule has 1 saturated carbocycles. The van der Waals surface area contributed by atoms with Crippen molar-refractivity contribution in [3.05, 3.63) is 29.3 Å². The van der Waals surface area contributed by atoms with Crippen LogP contribution in [-0.2, 0) is 13.0 Å². The first-order valence-corrected chi connectivity index (χ1v) is 7.38. The zero-order valence-electron chi connectivity index (χ0n) is 11.4. The Labute approximate surface area is 110 Å². The Balaban J connectivity index is 1.56. The van der Waals surface area contributed by atoms with E-state index >= 15 is 0 Å². The lowest BCUT2D eigenvalue weighted by molar-refractivity contribution is 0.443. The SMILES string of the molecule is CCC1(CNCc2ccc3c(c2)CCCN3)CC1. The van der Waals surface area contributed by atoms with Gasteiger partial charge >= 0.3 is 0 Å². The number of benzene rings is 1. The Morgan fingerprint density at radius 3 is 3.00 bits per heavy atom. The van der Waals surface area contributed by atoms with E-state index in [9.17, 15) is 0 Å². The molecule has 0 atom stereocenters. The number of aryl methyl sites for hydroxylation is 1. The van der Waals surface area contributed by atoms with Crippen LogP contribution in [0, 0.1) is 5.41 Å². The summed E-state index contributed by atoms with van der Waals surface area (Å²) in [6.45, 7) is 5.66. The van der Waals surface area contributed by atoms with Crippen molar-refractivity contribution in [2.75, 3.05) is 18.4 Å². The zero-order chi connectivity index (χ0) is 12.4. The summed E-state index contributed by atoms with van der Waals surface area (Å²) in [6.07, 6.45) is 6.67. The Kier molecular flexibility index (Phi) is 3.29. The molecule has 1 aromatic carbocycles. The first kappa shape index (κ1) is 12.0. The van der Waals surface area contributed by atoms with Gasteiger partial charge in [-0.3, -0.25) is 0 Å². The molecule has 0 bridgehead atoms. The molecule has 1 heterocycles. The lowest BCUT2D eigenvalue weighted by Crippen LogP contribution is -2.23. The molecule has 0 spiro atoms. The minimum Gasteiger partial charge on any atom is -0.385 e. The van der Waals surface area contributed by atoms with Gasteiger partial charge in [0, 0.05) is 25.3 Å². The van der Waals surface area contributed by atoms with Crippen LogP contribution in [0.25, 0.3) is 0 Å². The largest absolute Gasteiger partial charge is 0.385 e. The normalized spacial score (nSPS) is 20.1. The van der Waals surface area contributed by atoms with Gasteiger partial charge in [0.1, 0.15) is 0 Å². The Bertz CT molecular complexity index is 421. The molecular weight excluding hydrogens is 220 g/mol. The van der Waals surface area contributed by atoms with Crippen molar-refractivity contribution in [1.82, 2.24) is 5.32 Å². The maximum atomic E-state index is 3.64. The maximum absolute atomic E-state index is 3.64. The number of hydrogen-bond donors (Lipinski definition) is 2. The predicted octanol–water partition coefficient (Wildman–Crippen LogP) is 3.32. The summed E-state index contributed by atoms with van der Waals surface area (Å²) in [4.78, 5) is 0. The van der Waals surface area contributed by atoms with Gasteiger partial charge in [-0.05, 0) is 54.7 Å². The molecule has 1 aliphatic carbocycles. The smallest absolute Gasteiger partial charge is 0.0372 e. The summed E-state index contributed by atoms with van der Waals surface area (Å²) in [5.41, 5.74) is 4.93. The van der Waals surface area contributed by atoms with Crippen LogP contribution in [0.5, 0.6) is 0 Å². The molecule has 18 heavy (non-hydrogen) atoms. The maximum Gasteiger partial charge on any atom is 0.0372 e. The summed E-state index contributed by atoms with van der Waals surface area (Å²) < 4.78 is 0. The monoisotopic (exact) mass is 244 g/mol. The third kappa shape index (κ3) is 2.54. The van der Waals surface area contributed by atoms with E-state index in [1.54, 1.807) is 0 Å². The molecule has 0 amide bonds. The fourth-order valence-electron chi connectivity index (χ4n) is 2.94. The predicted molar refractivity (Wildman–Crippen MR) is 76.9 cm³/mol. The summed E-state index contributed by atoms with van der Waals surface area (Å²) >= 11 is 0. The van der Waals surface area contributed by atoms with Gasteiger partial charge in [0.2, 0.25) is 0 Å². The molecule has 2 N–H and O–H groups in total. The van der Waals surface area contributed by atoms with E-state index in [0.717, 1.165) is 13.1 Å². The average molecular weight is 244 g/mol. The second kappa shape index (κ2) is 4.93. The zero-order valence-corrected chi connectivity index (χ0v) is 11.4. The van der Waals surface area contributed by atoms with Crippen molar-refractivity contribution in [2.45, 2.75) is 45.6 Å². The molecule has 1 aromatic rings. The van der Waals surface area contributed by atoms with E-state index in [1.807, 2.05) is 0 Å². The van der Waals surface area contributed by atoms with Gasteiger partial charge < -0.3 is 10.6 Å². The van der Waals surface area contributed by atoms with E-state index in [-0.39, 0.29) is 0 Å². The van der Waals surface area contributed by atoms with E-state index in [4.69, 9.17) is 0 Å². The highest BCUT2D eigenvalue weighted by Crippen LogP contribution is 2.47. The van der Waals surface area contributed by atoms with E-state index in [1.165, 1.54) is 55.5 Å². The molecule has 0 unspecified atom stereocenters. The summed E-state index contributed by atoms with van der Waals surface area (Å²) in [5.74, 6) is 0. The van der Waals surface area contributed by atoms with Crippen LogP contribution >= 0.6 is 0 Å². The summed E-state index contributed by atoms with van der Waals surface area (Å²) in [6, 6.07) is 6.88. The highest BCUT2D eigenvalue weighted by Gasteiger charge is 2.39. The Morgan fingerprint density at radius 2 is 2.22 bits per heavy atom. The third-order valence-corrected chi connectivity index (χ3v) is 4.64. The van der Waals surface area contributed by atoms with Crippen LogP contribution in [0.1, 0.15) is 43.7 Å². The highest BCUT2D eigenvalue weighted by atomic mass is 14.9. The topological polar surface area (TPSA) is 24.1 Å². The number of nitrogens with one attached hydrogen (secondary N) is 2. The van der Waals surface area contributed by atoms with E-state index in [2.05, 4.69) is 35.8 Å². The van der Waals surface area contributed by atoms with Crippen molar-refractivity contribution in [2.24, 2.45) is 5.41 Å². The van der Waals surface area contributed by atoms with Crippen molar-refractivity contribution >= 4 is 5.69 Å². The second-order valence-electron chi connectivity index (χ2n) is 5.98. The molecule has 98 valence electrons. The van der Waals surface area contributed by atoms with Crippen molar-refractivity contribution in [3.8, 4) is 0 Å². The van der Waals surface area contributed by atoms with Gasteiger partial charge in [0.15, 0.2) is 0 Å². The minimum absolute atomic E-state index is 0.649. The second-order valence-corrected chi connectivity index (χ2v) is 5.98. The fourth-order valence-corrected chi connectivity index (χ4v) is 2.94. The Morgan fingerprint density at radius 1 is 1.33 bits per heavy atom. The summed E-state index contributed by atoms with van der Waals surface area (Å²) in [5, 5.41) is 7.11. The molecule has 1 aliphatic heterocycles. The first-order chi connectivity index (χ1) is 8.81. The number of hydrogen-bond acceptors (Lipinski definition) is 2. The molecule has 2 aliphatic rings. The highest BCUT2D eigenvalue weighted by molar-refractivity contribution is 5.54. The molecular formula is C16H24N2. The molecule has 2 nitrogen and oxygen atoms in total. The van der Waals surface area contributed by atoms with Crippen LogP contribution in [0.3, 0.4) is 0 Å². The van der Waals surface area contributed by atoms with Crippen molar-refractivity contribution < 1.29 is 0 Å². The van der Waals surface area contributed by atoms with Crippen LogP contribution in [-0.4, -0.2) is 13.1 Å². The van der Waals surface area contributed by atoms with E-state index in [0.29, 0.717) is 5.41 Å². The standard InChI is InChI=1S/C16H24N2/c1-2-16(7-8-16)12-17-11-13-5-6-15-14(10-13)4-3-9-18-15/h5-6,10,17-18H,2-4,7-9,11-12H2,1H3.